The molecule has 1 heterocycles. The number of aromatic nitrogens is 2. The van der Waals surface area contributed by atoms with Gasteiger partial charge in [-0.3, -0.25) is 4.68 Å². The first kappa shape index (κ1) is 11.9. The molecule has 1 fully saturated rings. The van der Waals surface area contributed by atoms with E-state index in [1.165, 1.54) is 6.26 Å². The molecular weight excluding hydrogens is 248 g/mol. The summed E-state index contributed by atoms with van der Waals surface area (Å²) < 4.78 is 24.0. The van der Waals surface area contributed by atoms with Crippen LogP contribution >= 0.6 is 11.6 Å². The fourth-order valence-corrected chi connectivity index (χ4v) is 2.51. The third-order valence-electron chi connectivity index (χ3n) is 2.74. The Bertz CT molecular complexity index is 477. The Kier molecular flexibility index (Phi) is 3.26. The third-order valence-corrected chi connectivity index (χ3v) is 3.95. The van der Waals surface area contributed by atoms with Crippen molar-refractivity contribution >= 4 is 21.4 Å². The smallest absolute Gasteiger partial charge is 0.149 e. The molecule has 0 N–H and O–H groups in total. The molecule has 0 bridgehead atoms. The van der Waals surface area contributed by atoms with Gasteiger partial charge < -0.3 is 0 Å². The predicted octanol–water partition coefficient (Wildman–Crippen LogP) is 1.54. The zero-order chi connectivity index (χ0) is 11.8. The van der Waals surface area contributed by atoms with Gasteiger partial charge in [-0.15, -0.1) is 11.6 Å². The normalized spacial score (nSPS) is 16.6. The molecule has 1 aliphatic carbocycles. The van der Waals surface area contributed by atoms with Crippen LogP contribution in [0.3, 0.4) is 0 Å². The van der Waals surface area contributed by atoms with Crippen molar-refractivity contribution in [1.82, 2.24) is 9.78 Å². The highest BCUT2D eigenvalue weighted by Gasteiger charge is 2.29. The number of hydrogen-bond donors (Lipinski definition) is 0. The van der Waals surface area contributed by atoms with Gasteiger partial charge in [0.1, 0.15) is 9.84 Å². The van der Waals surface area contributed by atoms with Crippen LogP contribution < -0.4 is 0 Å². The van der Waals surface area contributed by atoms with E-state index in [1.54, 1.807) is 10.9 Å². The first-order valence-electron chi connectivity index (χ1n) is 5.29. The summed E-state index contributed by atoms with van der Waals surface area (Å²) >= 11 is 5.84. The lowest BCUT2D eigenvalue weighted by atomic mass is 10.2. The quantitative estimate of drug-likeness (QED) is 0.757. The van der Waals surface area contributed by atoms with E-state index in [4.69, 9.17) is 11.6 Å². The topological polar surface area (TPSA) is 52.0 Å². The van der Waals surface area contributed by atoms with Crippen LogP contribution in [0.25, 0.3) is 0 Å². The molecule has 90 valence electrons. The third kappa shape index (κ3) is 2.77. The first-order chi connectivity index (χ1) is 7.51. The molecule has 1 aromatic heterocycles. The molecule has 0 unspecified atom stereocenters. The van der Waals surface area contributed by atoms with E-state index in [9.17, 15) is 8.42 Å². The number of nitrogens with zero attached hydrogens (tertiary/aromatic N) is 2. The maximum atomic E-state index is 11.1. The van der Waals surface area contributed by atoms with Crippen LogP contribution in [-0.4, -0.2) is 30.2 Å². The van der Waals surface area contributed by atoms with E-state index in [1.807, 2.05) is 0 Å². The Hall–Kier alpha value is -0.550. The summed E-state index contributed by atoms with van der Waals surface area (Å²) in [6, 6.07) is 0. The van der Waals surface area contributed by atoms with Crippen molar-refractivity contribution < 1.29 is 8.42 Å². The summed E-state index contributed by atoms with van der Waals surface area (Å²) in [5.41, 5.74) is 2.18. The Morgan fingerprint density at radius 3 is 2.75 bits per heavy atom. The predicted molar refractivity (Wildman–Crippen MR) is 63.5 cm³/mol. The van der Waals surface area contributed by atoms with Crippen LogP contribution in [0, 0.1) is 0 Å². The lowest BCUT2D eigenvalue weighted by Gasteiger charge is -2.07. The second-order valence-electron chi connectivity index (χ2n) is 4.32. The molecule has 0 saturated heterocycles. The van der Waals surface area contributed by atoms with E-state index in [0.717, 1.165) is 24.1 Å². The molecule has 1 aliphatic rings. The first-order valence-corrected chi connectivity index (χ1v) is 7.89. The minimum Gasteiger partial charge on any atom is -0.268 e. The van der Waals surface area contributed by atoms with Crippen molar-refractivity contribution in [2.45, 2.75) is 31.2 Å². The monoisotopic (exact) mass is 262 g/mol. The number of rotatable bonds is 5. The van der Waals surface area contributed by atoms with Gasteiger partial charge in [-0.2, -0.15) is 5.10 Å². The average molecular weight is 263 g/mol. The van der Waals surface area contributed by atoms with Crippen molar-refractivity contribution in [3.05, 3.63) is 17.5 Å². The van der Waals surface area contributed by atoms with Crippen LogP contribution in [0.15, 0.2) is 6.20 Å². The summed E-state index contributed by atoms with van der Waals surface area (Å²) in [5, 5.41) is 4.22. The second-order valence-corrected chi connectivity index (χ2v) is 6.84. The molecule has 2 rings (SSSR count). The number of alkyl halides is 1. The minimum absolute atomic E-state index is 0.135. The van der Waals surface area contributed by atoms with Gasteiger partial charge in [-0.05, 0) is 12.8 Å². The second kappa shape index (κ2) is 4.37. The summed E-state index contributed by atoms with van der Waals surface area (Å²) in [6.07, 6.45) is 5.32. The Morgan fingerprint density at radius 2 is 2.25 bits per heavy atom. The number of hydrogen-bond acceptors (Lipinski definition) is 3. The van der Waals surface area contributed by atoms with E-state index in [0.29, 0.717) is 18.3 Å². The lowest BCUT2D eigenvalue weighted by molar-refractivity contribution is 0.578. The van der Waals surface area contributed by atoms with Crippen LogP contribution in [0.1, 0.15) is 30.0 Å². The number of aryl methyl sites for hydroxylation is 1. The number of halogens is 1. The molecule has 6 heteroatoms. The van der Waals surface area contributed by atoms with E-state index in [-0.39, 0.29) is 5.75 Å². The largest absolute Gasteiger partial charge is 0.268 e. The van der Waals surface area contributed by atoms with E-state index < -0.39 is 9.84 Å². The fourth-order valence-electron chi connectivity index (χ4n) is 1.80. The van der Waals surface area contributed by atoms with E-state index in [2.05, 4.69) is 5.10 Å². The summed E-state index contributed by atoms with van der Waals surface area (Å²) in [6.45, 7) is 0.432. The summed E-state index contributed by atoms with van der Waals surface area (Å²) in [4.78, 5) is 0. The maximum Gasteiger partial charge on any atom is 0.149 e. The van der Waals surface area contributed by atoms with Crippen molar-refractivity contribution in [1.29, 1.82) is 0 Å². The van der Waals surface area contributed by atoms with Crippen molar-refractivity contribution in [2.24, 2.45) is 0 Å². The molecule has 1 saturated carbocycles. The minimum atomic E-state index is -2.94. The SMILES string of the molecule is CS(=O)(=O)CCn1ncc(CCl)c1C1CC1. The van der Waals surface area contributed by atoms with Gasteiger partial charge >= 0.3 is 0 Å². The molecule has 1 aromatic rings. The lowest BCUT2D eigenvalue weighted by Crippen LogP contribution is -2.14. The van der Waals surface area contributed by atoms with Gasteiger partial charge in [0.05, 0.1) is 24.4 Å². The Labute approximate surface area is 101 Å². The Morgan fingerprint density at radius 1 is 1.56 bits per heavy atom. The molecule has 4 nitrogen and oxygen atoms in total. The zero-order valence-electron chi connectivity index (χ0n) is 9.19. The van der Waals surface area contributed by atoms with E-state index >= 15 is 0 Å². The van der Waals surface area contributed by atoms with Crippen molar-refractivity contribution in [3.8, 4) is 0 Å². The van der Waals surface area contributed by atoms with Gasteiger partial charge in [-0.25, -0.2) is 8.42 Å². The fraction of sp³-hybridized carbons (Fsp3) is 0.700. The highest BCUT2D eigenvalue weighted by atomic mass is 35.5. The molecule has 0 radical (unpaired) electrons. The molecule has 0 aliphatic heterocycles. The highest BCUT2D eigenvalue weighted by Crippen LogP contribution is 2.41. The van der Waals surface area contributed by atoms with Gasteiger partial charge in [0, 0.05) is 23.4 Å². The zero-order valence-corrected chi connectivity index (χ0v) is 10.8. The molecular formula is C10H15ClN2O2S. The van der Waals surface area contributed by atoms with Crippen molar-refractivity contribution in [3.63, 3.8) is 0 Å². The summed E-state index contributed by atoms with van der Waals surface area (Å²) in [7, 11) is -2.94. The average Bonchev–Trinajstić information content (AvgIpc) is 2.94. The molecule has 16 heavy (non-hydrogen) atoms. The van der Waals surface area contributed by atoms with Gasteiger partial charge in [-0.1, -0.05) is 0 Å². The molecule has 0 spiro atoms. The summed E-state index contributed by atoms with van der Waals surface area (Å²) in [5.74, 6) is 1.12. The van der Waals surface area contributed by atoms with Gasteiger partial charge in [0.15, 0.2) is 0 Å². The standard InChI is InChI=1S/C10H15ClN2O2S/c1-16(14,15)5-4-13-10(8-2-3-8)9(6-11)7-12-13/h7-8H,2-6H2,1H3. The molecule has 0 atom stereocenters. The van der Waals surface area contributed by atoms with Crippen LogP contribution in [0.2, 0.25) is 0 Å². The van der Waals surface area contributed by atoms with Crippen LogP contribution in [0.5, 0.6) is 0 Å². The van der Waals surface area contributed by atoms with Gasteiger partial charge in [0.25, 0.3) is 0 Å². The maximum absolute atomic E-state index is 11.1. The van der Waals surface area contributed by atoms with Gasteiger partial charge in [0.2, 0.25) is 0 Å². The highest BCUT2D eigenvalue weighted by molar-refractivity contribution is 7.90. The molecule has 0 amide bonds. The van der Waals surface area contributed by atoms with Crippen LogP contribution in [0.4, 0.5) is 0 Å². The Balaban J connectivity index is 2.17. The van der Waals surface area contributed by atoms with Crippen LogP contribution in [-0.2, 0) is 22.3 Å². The van der Waals surface area contributed by atoms with Crippen molar-refractivity contribution in [2.75, 3.05) is 12.0 Å². The number of sulfone groups is 1. The molecule has 0 aromatic carbocycles.